The van der Waals surface area contributed by atoms with Gasteiger partial charge in [0.15, 0.2) is 5.75 Å². The van der Waals surface area contributed by atoms with Gasteiger partial charge in [0.25, 0.3) is 5.91 Å². The van der Waals surface area contributed by atoms with Crippen molar-refractivity contribution in [1.82, 2.24) is 10.2 Å². The Morgan fingerprint density at radius 3 is 2.67 bits per heavy atom. The van der Waals surface area contributed by atoms with Gasteiger partial charge in [-0.3, -0.25) is 14.9 Å². The van der Waals surface area contributed by atoms with Gasteiger partial charge >= 0.3 is 5.69 Å². The lowest BCUT2D eigenvalue weighted by molar-refractivity contribution is -0.385. The van der Waals surface area contributed by atoms with Gasteiger partial charge < -0.3 is 15.0 Å². The van der Waals surface area contributed by atoms with Crippen LogP contribution in [0.25, 0.3) is 0 Å². The van der Waals surface area contributed by atoms with Crippen molar-refractivity contribution in [1.29, 1.82) is 0 Å². The largest absolute Gasteiger partial charge is 0.490 e. The molecule has 1 saturated heterocycles. The fraction of sp³-hybridized carbons (Fsp3) is 0.350. The van der Waals surface area contributed by atoms with Crippen LogP contribution in [0.1, 0.15) is 34.5 Å². The molecule has 7 heteroatoms. The lowest BCUT2D eigenvalue weighted by Gasteiger charge is -2.36. The Morgan fingerprint density at radius 2 is 2.04 bits per heavy atom. The molecule has 0 spiro atoms. The van der Waals surface area contributed by atoms with Gasteiger partial charge in [-0.1, -0.05) is 31.2 Å². The van der Waals surface area contributed by atoms with Crippen LogP contribution in [0.4, 0.5) is 5.69 Å². The molecule has 1 N–H and O–H groups in total. The van der Waals surface area contributed by atoms with Crippen molar-refractivity contribution in [2.45, 2.75) is 19.4 Å². The fourth-order valence-corrected chi connectivity index (χ4v) is 3.35. The van der Waals surface area contributed by atoms with E-state index in [1.165, 1.54) is 24.8 Å². The van der Waals surface area contributed by atoms with Crippen molar-refractivity contribution >= 4 is 11.6 Å². The maximum Gasteiger partial charge on any atom is 0.311 e. The maximum atomic E-state index is 13.1. The number of carbonyl (C=O) groups is 1. The van der Waals surface area contributed by atoms with Gasteiger partial charge in [-0.15, -0.1) is 0 Å². The van der Waals surface area contributed by atoms with Crippen molar-refractivity contribution in [3.8, 4) is 5.75 Å². The van der Waals surface area contributed by atoms with Crippen LogP contribution in [-0.2, 0) is 6.42 Å². The summed E-state index contributed by atoms with van der Waals surface area (Å²) in [5, 5.41) is 14.6. The zero-order valence-corrected chi connectivity index (χ0v) is 15.5. The Kier molecular flexibility index (Phi) is 5.71. The standard InChI is InChI=1S/C20H23N3O4/c1-3-14-4-6-15(7-5-14)18-13-21-10-11-22(18)20(24)16-8-9-19(27-2)17(12-16)23(25)26/h4-9,12,18,21H,3,10-11,13H2,1-2H3. The van der Waals surface area contributed by atoms with Gasteiger partial charge in [-0.2, -0.15) is 0 Å². The van der Waals surface area contributed by atoms with Gasteiger partial charge in [-0.05, 0) is 29.7 Å². The molecule has 1 aliphatic rings. The summed E-state index contributed by atoms with van der Waals surface area (Å²) in [5.41, 5.74) is 2.38. The zero-order chi connectivity index (χ0) is 19.4. The lowest BCUT2D eigenvalue weighted by Crippen LogP contribution is -2.48. The van der Waals surface area contributed by atoms with Crippen LogP contribution >= 0.6 is 0 Å². The van der Waals surface area contributed by atoms with E-state index in [4.69, 9.17) is 4.74 Å². The van der Waals surface area contributed by atoms with Crippen molar-refractivity contribution in [3.63, 3.8) is 0 Å². The molecule has 0 radical (unpaired) electrons. The number of piperazine rings is 1. The van der Waals surface area contributed by atoms with Crippen molar-refractivity contribution in [3.05, 3.63) is 69.3 Å². The molecule has 0 aromatic heterocycles. The molecule has 1 unspecified atom stereocenters. The second kappa shape index (κ2) is 8.18. The highest BCUT2D eigenvalue weighted by molar-refractivity contribution is 5.95. The minimum absolute atomic E-state index is 0.113. The average molecular weight is 369 g/mol. The predicted molar refractivity (Wildman–Crippen MR) is 102 cm³/mol. The molecule has 3 rings (SSSR count). The summed E-state index contributed by atoms with van der Waals surface area (Å²) < 4.78 is 5.02. The summed E-state index contributed by atoms with van der Waals surface area (Å²) in [7, 11) is 1.37. The quantitative estimate of drug-likeness (QED) is 0.647. The number of nitrogens with zero attached hydrogens (tertiary/aromatic N) is 2. The van der Waals surface area contributed by atoms with Crippen LogP contribution in [0.3, 0.4) is 0 Å². The third-order valence-corrected chi connectivity index (χ3v) is 4.90. The van der Waals surface area contributed by atoms with Crippen molar-refractivity contribution < 1.29 is 14.5 Å². The summed E-state index contributed by atoms with van der Waals surface area (Å²) in [5.74, 6) is -0.0737. The molecule has 27 heavy (non-hydrogen) atoms. The van der Waals surface area contributed by atoms with E-state index in [1.807, 2.05) is 12.1 Å². The number of hydrogen-bond acceptors (Lipinski definition) is 5. The molecule has 7 nitrogen and oxygen atoms in total. The summed E-state index contributed by atoms with van der Waals surface area (Å²) >= 11 is 0. The minimum Gasteiger partial charge on any atom is -0.490 e. The molecule has 0 bridgehead atoms. The highest BCUT2D eigenvalue weighted by atomic mass is 16.6. The van der Waals surface area contributed by atoms with Gasteiger partial charge in [0, 0.05) is 31.3 Å². The number of hydrogen-bond donors (Lipinski definition) is 1. The van der Waals surface area contributed by atoms with Crippen molar-refractivity contribution in [2.75, 3.05) is 26.7 Å². The molecule has 0 aliphatic carbocycles. The normalized spacial score (nSPS) is 16.8. The summed E-state index contributed by atoms with van der Waals surface area (Å²) in [6.45, 7) is 3.98. The smallest absolute Gasteiger partial charge is 0.311 e. The molecule has 1 aliphatic heterocycles. The van der Waals surface area contributed by atoms with Gasteiger partial charge in [0.2, 0.25) is 0 Å². The lowest BCUT2D eigenvalue weighted by atomic mass is 10.00. The number of methoxy groups -OCH3 is 1. The van der Waals surface area contributed by atoms with E-state index >= 15 is 0 Å². The fourth-order valence-electron chi connectivity index (χ4n) is 3.35. The number of aryl methyl sites for hydroxylation is 1. The summed E-state index contributed by atoms with van der Waals surface area (Å²) in [4.78, 5) is 25.6. The van der Waals surface area contributed by atoms with Gasteiger partial charge in [-0.25, -0.2) is 0 Å². The van der Waals surface area contributed by atoms with E-state index in [1.54, 1.807) is 11.0 Å². The highest BCUT2D eigenvalue weighted by Crippen LogP contribution is 2.30. The SMILES string of the molecule is CCc1ccc(C2CNCCN2C(=O)c2ccc(OC)c([N+](=O)[O-])c2)cc1. The van der Waals surface area contributed by atoms with Crippen LogP contribution in [-0.4, -0.2) is 42.5 Å². The van der Waals surface area contributed by atoms with Crippen LogP contribution in [0.2, 0.25) is 0 Å². The van der Waals surface area contributed by atoms with Gasteiger partial charge in [0.1, 0.15) is 0 Å². The van der Waals surface area contributed by atoms with Crippen LogP contribution in [0.5, 0.6) is 5.75 Å². The third-order valence-electron chi connectivity index (χ3n) is 4.90. The molecule has 1 fully saturated rings. The molecule has 2 aromatic carbocycles. The van der Waals surface area contributed by atoms with E-state index in [0.29, 0.717) is 25.2 Å². The van der Waals surface area contributed by atoms with Crippen LogP contribution in [0.15, 0.2) is 42.5 Å². The van der Waals surface area contributed by atoms with E-state index in [0.717, 1.165) is 12.0 Å². The summed E-state index contributed by atoms with van der Waals surface area (Å²) in [6, 6.07) is 12.5. The second-order valence-corrected chi connectivity index (χ2v) is 6.46. The first-order chi connectivity index (χ1) is 13.0. The molecule has 2 aromatic rings. The van der Waals surface area contributed by atoms with E-state index in [9.17, 15) is 14.9 Å². The second-order valence-electron chi connectivity index (χ2n) is 6.46. The monoisotopic (exact) mass is 369 g/mol. The number of ether oxygens (including phenoxy) is 1. The molecule has 1 heterocycles. The van der Waals surface area contributed by atoms with E-state index < -0.39 is 4.92 Å². The Bertz CT molecular complexity index is 836. The van der Waals surface area contributed by atoms with Crippen LogP contribution in [0, 0.1) is 10.1 Å². The molecular formula is C20H23N3O4. The topological polar surface area (TPSA) is 84.7 Å². The Hall–Kier alpha value is -2.93. The molecule has 1 amide bonds. The number of nitrogens with one attached hydrogen (secondary N) is 1. The first-order valence-electron chi connectivity index (χ1n) is 8.98. The number of nitro groups is 1. The Labute approximate surface area is 158 Å². The van der Waals surface area contributed by atoms with E-state index in [2.05, 4.69) is 24.4 Å². The number of benzene rings is 2. The first kappa shape index (κ1) is 18.8. The Balaban J connectivity index is 1.91. The van der Waals surface area contributed by atoms with Gasteiger partial charge in [0.05, 0.1) is 18.1 Å². The van der Waals surface area contributed by atoms with Crippen molar-refractivity contribution in [2.24, 2.45) is 0 Å². The molecule has 0 saturated carbocycles. The Morgan fingerprint density at radius 1 is 1.30 bits per heavy atom. The zero-order valence-electron chi connectivity index (χ0n) is 15.5. The number of nitro benzene ring substituents is 1. The highest BCUT2D eigenvalue weighted by Gasteiger charge is 2.30. The molecular weight excluding hydrogens is 346 g/mol. The molecule has 142 valence electrons. The minimum atomic E-state index is -0.533. The average Bonchev–Trinajstić information content (AvgIpc) is 2.72. The predicted octanol–water partition coefficient (Wildman–Crippen LogP) is 2.95. The van der Waals surface area contributed by atoms with Crippen LogP contribution < -0.4 is 10.1 Å². The number of rotatable bonds is 5. The molecule has 1 atom stereocenters. The van der Waals surface area contributed by atoms with E-state index in [-0.39, 0.29) is 23.4 Å². The number of amides is 1. The third kappa shape index (κ3) is 3.93. The first-order valence-corrected chi connectivity index (χ1v) is 8.98. The summed E-state index contributed by atoms with van der Waals surface area (Å²) in [6.07, 6.45) is 0.960. The number of carbonyl (C=O) groups excluding carboxylic acids is 1. The maximum absolute atomic E-state index is 13.1.